The van der Waals surface area contributed by atoms with Gasteiger partial charge in [0.2, 0.25) is 0 Å². The summed E-state index contributed by atoms with van der Waals surface area (Å²) in [6.07, 6.45) is 0. The Balaban J connectivity index is 1.16. The zero-order valence-electron chi connectivity index (χ0n) is 31.7. The van der Waals surface area contributed by atoms with E-state index >= 15 is 0 Å². The molecule has 11 aromatic rings. The molecule has 0 saturated heterocycles. The summed E-state index contributed by atoms with van der Waals surface area (Å²) in [6.45, 7) is 0. The predicted octanol–water partition coefficient (Wildman–Crippen LogP) is 16.0. The SMILES string of the molecule is c1ccc(-c2ccc(N(c3ccc4c(c3)c(-c3ccc5ccccc5c3)cc3oc5ccccc5c34)c3ccccc3-c3cccc(-c4ccccc4)c3)cc2)cc1. The third-order valence-electron chi connectivity index (χ3n) is 11.4. The van der Waals surface area contributed by atoms with Crippen LogP contribution in [-0.4, -0.2) is 0 Å². The molecule has 0 aliphatic heterocycles. The van der Waals surface area contributed by atoms with Crippen LogP contribution in [0.2, 0.25) is 0 Å². The van der Waals surface area contributed by atoms with Crippen molar-refractivity contribution in [3.8, 4) is 44.5 Å². The van der Waals surface area contributed by atoms with E-state index in [0.29, 0.717) is 0 Å². The van der Waals surface area contributed by atoms with Crippen molar-refractivity contribution in [2.75, 3.05) is 4.90 Å². The Kier molecular flexibility index (Phi) is 8.19. The van der Waals surface area contributed by atoms with E-state index in [2.05, 4.69) is 223 Å². The van der Waals surface area contributed by atoms with Crippen LogP contribution in [0.3, 0.4) is 0 Å². The summed E-state index contributed by atoms with van der Waals surface area (Å²) in [4.78, 5) is 2.42. The highest BCUT2D eigenvalue weighted by atomic mass is 16.3. The van der Waals surface area contributed by atoms with Crippen molar-refractivity contribution in [2.45, 2.75) is 0 Å². The highest BCUT2D eigenvalue weighted by Gasteiger charge is 2.21. The van der Waals surface area contributed by atoms with E-state index in [0.717, 1.165) is 66.6 Å². The van der Waals surface area contributed by atoms with Crippen molar-refractivity contribution >= 4 is 60.5 Å². The molecule has 0 atom stereocenters. The molecule has 0 N–H and O–H groups in total. The number of benzene rings is 10. The maximum Gasteiger partial charge on any atom is 0.136 e. The molecule has 10 aromatic carbocycles. The Bertz CT molecular complexity index is 3270. The number of hydrogen-bond donors (Lipinski definition) is 0. The smallest absolute Gasteiger partial charge is 0.136 e. The second-order valence-electron chi connectivity index (χ2n) is 14.9. The summed E-state index contributed by atoms with van der Waals surface area (Å²) in [5, 5.41) is 7.02. The van der Waals surface area contributed by atoms with E-state index in [1.54, 1.807) is 0 Å². The number of rotatable bonds is 7. The van der Waals surface area contributed by atoms with E-state index in [-0.39, 0.29) is 0 Å². The standard InChI is InChI=1S/C56H37NO/c1-3-14-38(15-4-1)41-28-30-46(31-29-41)57(53-24-11-9-22-48(53)44-21-13-20-43(34-44)39-16-5-2-6-17-39)47-32-33-49-52(36-47)51(45-27-26-40-18-7-8-19-42(40)35-45)37-55-56(49)50-23-10-12-25-54(50)58-55/h1-37H. The maximum atomic E-state index is 6.57. The van der Waals surface area contributed by atoms with Crippen LogP contribution in [-0.2, 0) is 0 Å². The molecule has 0 unspecified atom stereocenters. The van der Waals surface area contributed by atoms with Crippen LogP contribution in [0.5, 0.6) is 0 Å². The molecule has 58 heavy (non-hydrogen) atoms. The monoisotopic (exact) mass is 739 g/mol. The van der Waals surface area contributed by atoms with Crippen LogP contribution in [0.15, 0.2) is 229 Å². The lowest BCUT2D eigenvalue weighted by Gasteiger charge is -2.29. The number of para-hydroxylation sites is 2. The molecule has 11 rings (SSSR count). The topological polar surface area (TPSA) is 16.4 Å². The van der Waals surface area contributed by atoms with E-state index in [4.69, 9.17) is 4.42 Å². The Morgan fingerprint density at radius 1 is 0.293 bits per heavy atom. The van der Waals surface area contributed by atoms with Gasteiger partial charge < -0.3 is 9.32 Å². The second kappa shape index (κ2) is 14.1. The average Bonchev–Trinajstić information content (AvgIpc) is 3.68. The molecular weight excluding hydrogens is 703 g/mol. The van der Waals surface area contributed by atoms with Gasteiger partial charge in [-0.3, -0.25) is 0 Å². The van der Waals surface area contributed by atoms with Gasteiger partial charge in [0, 0.05) is 27.7 Å². The molecule has 0 saturated carbocycles. The van der Waals surface area contributed by atoms with Crippen molar-refractivity contribution in [2.24, 2.45) is 0 Å². The van der Waals surface area contributed by atoms with Gasteiger partial charge in [0.05, 0.1) is 5.69 Å². The van der Waals surface area contributed by atoms with Crippen molar-refractivity contribution in [1.29, 1.82) is 0 Å². The summed E-state index contributed by atoms with van der Waals surface area (Å²) >= 11 is 0. The molecule has 2 heteroatoms. The first-order valence-corrected chi connectivity index (χ1v) is 19.8. The first kappa shape index (κ1) is 33.6. The molecule has 0 spiro atoms. The van der Waals surface area contributed by atoms with E-state index in [1.807, 2.05) is 6.07 Å². The van der Waals surface area contributed by atoms with Crippen LogP contribution in [0, 0.1) is 0 Å². The minimum Gasteiger partial charge on any atom is -0.456 e. The molecule has 0 fully saturated rings. The summed E-state index contributed by atoms with van der Waals surface area (Å²) in [5.41, 5.74) is 14.4. The summed E-state index contributed by atoms with van der Waals surface area (Å²) in [6, 6.07) is 80.8. The lowest BCUT2D eigenvalue weighted by molar-refractivity contribution is 0.669. The third-order valence-corrected chi connectivity index (χ3v) is 11.4. The summed E-state index contributed by atoms with van der Waals surface area (Å²) in [7, 11) is 0. The maximum absolute atomic E-state index is 6.57. The van der Waals surface area contributed by atoms with E-state index in [9.17, 15) is 0 Å². The Labute approximate surface area is 337 Å². The highest BCUT2D eigenvalue weighted by molar-refractivity contribution is 6.22. The summed E-state index contributed by atoms with van der Waals surface area (Å²) in [5.74, 6) is 0. The second-order valence-corrected chi connectivity index (χ2v) is 14.9. The molecular formula is C56H37NO. The minimum absolute atomic E-state index is 0.890. The number of nitrogens with zero attached hydrogens (tertiary/aromatic N) is 1. The van der Waals surface area contributed by atoms with Gasteiger partial charge in [0.25, 0.3) is 0 Å². The predicted molar refractivity (Wildman–Crippen MR) is 245 cm³/mol. The van der Waals surface area contributed by atoms with Crippen molar-refractivity contribution < 1.29 is 4.42 Å². The fourth-order valence-electron chi connectivity index (χ4n) is 8.63. The van der Waals surface area contributed by atoms with Gasteiger partial charge in [-0.15, -0.1) is 0 Å². The largest absolute Gasteiger partial charge is 0.456 e. The van der Waals surface area contributed by atoms with Crippen LogP contribution in [0.1, 0.15) is 0 Å². The first-order valence-electron chi connectivity index (χ1n) is 19.8. The molecule has 1 heterocycles. The first-order chi connectivity index (χ1) is 28.7. The number of hydrogen-bond acceptors (Lipinski definition) is 2. The van der Waals surface area contributed by atoms with Crippen molar-refractivity contribution in [3.05, 3.63) is 224 Å². The van der Waals surface area contributed by atoms with Gasteiger partial charge in [0.1, 0.15) is 11.2 Å². The van der Waals surface area contributed by atoms with Gasteiger partial charge in [-0.2, -0.15) is 0 Å². The molecule has 0 aliphatic carbocycles. The van der Waals surface area contributed by atoms with Crippen molar-refractivity contribution in [3.63, 3.8) is 0 Å². The zero-order chi connectivity index (χ0) is 38.4. The number of anilines is 3. The molecule has 2 nitrogen and oxygen atoms in total. The third kappa shape index (κ3) is 5.91. The molecule has 1 aromatic heterocycles. The minimum atomic E-state index is 0.890. The van der Waals surface area contributed by atoms with Gasteiger partial charge in [-0.1, -0.05) is 170 Å². The molecule has 272 valence electrons. The molecule has 0 amide bonds. The zero-order valence-corrected chi connectivity index (χ0v) is 31.7. The van der Waals surface area contributed by atoms with Crippen molar-refractivity contribution in [1.82, 2.24) is 0 Å². The Morgan fingerprint density at radius 2 is 0.897 bits per heavy atom. The lowest BCUT2D eigenvalue weighted by atomic mass is 9.92. The van der Waals surface area contributed by atoms with Crippen LogP contribution in [0.4, 0.5) is 17.1 Å². The van der Waals surface area contributed by atoms with Crippen LogP contribution >= 0.6 is 0 Å². The van der Waals surface area contributed by atoms with E-state index < -0.39 is 0 Å². The fraction of sp³-hybridized carbons (Fsp3) is 0. The van der Waals surface area contributed by atoms with Crippen LogP contribution in [0.25, 0.3) is 88.0 Å². The van der Waals surface area contributed by atoms with Gasteiger partial charge in [-0.05, 0) is 115 Å². The summed E-state index contributed by atoms with van der Waals surface area (Å²) < 4.78 is 6.57. The highest BCUT2D eigenvalue weighted by Crippen LogP contribution is 2.46. The van der Waals surface area contributed by atoms with Gasteiger partial charge >= 0.3 is 0 Å². The molecule has 0 radical (unpaired) electrons. The Hall–Kier alpha value is -7.68. The normalized spacial score (nSPS) is 11.4. The Morgan fingerprint density at radius 3 is 1.72 bits per heavy atom. The molecule has 0 aliphatic rings. The molecule has 0 bridgehead atoms. The lowest BCUT2D eigenvalue weighted by Crippen LogP contribution is -2.11. The number of fused-ring (bicyclic) bond motifs is 6. The van der Waals surface area contributed by atoms with Gasteiger partial charge in [0.15, 0.2) is 0 Å². The number of furan rings is 1. The van der Waals surface area contributed by atoms with E-state index in [1.165, 1.54) is 38.4 Å². The quantitative estimate of drug-likeness (QED) is 0.162. The fourth-order valence-corrected chi connectivity index (χ4v) is 8.63. The van der Waals surface area contributed by atoms with Gasteiger partial charge in [-0.25, -0.2) is 0 Å². The van der Waals surface area contributed by atoms with Crippen LogP contribution < -0.4 is 4.90 Å². The average molecular weight is 740 g/mol.